The summed E-state index contributed by atoms with van der Waals surface area (Å²) in [6.07, 6.45) is 3.10. The quantitative estimate of drug-likeness (QED) is 0.792. The fourth-order valence-electron chi connectivity index (χ4n) is 2.25. The lowest BCUT2D eigenvalue weighted by Gasteiger charge is -2.35. The van der Waals surface area contributed by atoms with Gasteiger partial charge in [0.05, 0.1) is 5.02 Å². The topological polar surface area (TPSA) is 53.5 Å². The molecule has 1 unspecified atom stereocenters. The van der Waals surface area contributed by atoms with Crippen LogP contribution in [0.5, 0.6) is 0 Å². The van der Waals surface area contributed by atoms with Gasteiger partial charge in [0.1, 0.15) is 10.0 Å². The Kier molecular flexibility index (Phi) is 4.92. The highest BCUT2D eigenvalue weighted by Crippen LogP contribution is 2.26. The number of rotatable bonds is 3. The van der Waals surface area contributed by atoms with Crippen molar-refractivity contribution in [3.8, 4) is 0 Å². The molecule has 0 spiro atoms. The van der Waals surface area contributed by atoms with Crippen LogP contribution in [0.25, 0.3) is 0 Å². The van der Waals surface area contributed by atoms with Gasteiger partial charge in [0, 0.05) is 25.3 Å². The Hall–Kier alpha value is -0.400. The lowest BCUT2D eigenvalue weighted by atomic mass is 10.1. The van der Waals surface area contributed by atoms with Gasteiger partial charge in [-0.2, -0.15) is 4.31 Å². The first kappa shape index (κ1) is 16.0. The molecule has 1 atom stereocenters. The predicted molar refractivity (Wildman–Crippen MR) is 79.7 cm³/mol. The molecular formula is C12H17Cl2N3O2S. The van der Waals surface area contributed by atoms with Crippen LogP contribution in [0.4, 0.5) is 0 Å². The van der Waals surface area contributed by atoms with E-state index in [0.717, 1.165) is 12.8 Å². The molecule has 1 aliphatic heterocycles. The standard InChI is InChI=1S/C12H17Cl2N3O2S/c1-16(2)9-4-3-5-17(8-9)20(18,19)10-6-11(13)12(14)15-7-10/h6-7,9H,3-5,8H2,1-2H3. The van der Waals surface area contributed by atoms with Crippen molar-refractivity contribution in [1.82, 2.24) is 14.2 Å². The number of nitrogens with zero attached hydrogens (tertiary/aromatic N) is 3. The lowest BCUT2D eigenvalue weighted by molar-refractivity contribution is 0.190. The monoisotopic (exact) mass is 337 g/mol. The molecule has 0 bridgehead atoms. The molecule has 1 aliphatic rings. The van der Waals surface area contributed by atoms with Gasteiger partial charge in [0.25, 0.3) is 0 Å². The van der Waals surface area contributed by atoms with Crippen molar-refractivity contribution in [2.45, 2.75) is 23.8 Å². The third kappa shape index (κ3) is 3.26. The maximum absolute atomic E-state index is 12.6. The van der Waals surface area contributed by atoms with Gasteiger partial charge in [-0.15, -0.1) is 0 Å². The first-order valence-corrected chi connectivity index (χ1v) is 8.49. The average Bonchev–Trinajstić information content (AvgIpc) is 2.42. The van der Waals surface area contributed by atoms with Gasteiger partial charge in [-0.1, -0.05) is 23.2 Å². The van der Waals surface area contributed by atoms with Crippen LogP contribution in [0.3, 0.4) is 0 Å². The SMILES string of the molecule is CN(C)C1CCCN(S(=O)(=O)c2cnc(Cl)c(Cl)c2)C1. The van der Waals surface area contributed by atoms with Crippen molar-refractivity contribution in [1.29, 1.82) is 0 Å². The van der Waals surface area contributed by atoms with Crippen LogP contribution in [-0.4, -0.2) is 55.8 Å². The van der Waals surface area contributed by atoms with Crippen LogP contribution in [0.2, 0.25) is 10.2 Å². The van der Waals surface area contributed by atoms with Crippen LogP contribution in [-0.2, 0) is 10.0 Å². The summed E-state index contributed by atoms with van der Waals surface area (Å²) in [5.74, 6) is 0. The first-order chi connectivity index (χ1) is 9.32. The highest BCUT2D eigenvalue weighted by Gasteiger charge is 2.31. The molecule has 1 fully saturated rings. The summed E-state index contributed by atoms with van der Waals surface area (Å²) in [7, 11) is 0.353. The van der Waals surface area contributed by atoms with E-state index in [9.17, 15) is 8.42 Å². The molecule has 0 N–H and O–H groups in total. The number of pyridine rings is 1. The van der Waals surface area contributed by atoms with Gasteiger partial charge in [-0.3, -0.25) is 0 Å². The Balaban J connectivity index is 2.27. The maximum atomic E-state index is 12.6. The van der Waals surface area contributed by atoms with Crippen molar-refractivity contribution in [3.63, 3.8) is 0 Å². The highest BCUT2D eigenvalue weighted by molar-refractivity contribution is 7.89. The predicted octanol–water partition coefficient (Wildman–Crippen LogP) is 2.10. The smallest absolute Gasteiger partial charge is 0.244 e. The Labute approximate surface area is 129 Å². The number of hydrogen-bond donors (Lipinski definition) is 0. The van der Waals surface area contributed by atoms with Crippen LogP contribution in [0, 0.1) is 0 Å². The van der Waals surface area contributed by atoms with Gasteiger partial charge in [-0.05, 0) is 33.0 Å². The molecule has 0 aromatic carbocycles. The number of sulfonamides is 1. The van der Waals surface area contributed by atoms with Crippen molar-refractivity contribution in [2.24, 2.45) is 0 Å². The number of likely N-dealkylation sites (N-methyl/N-ethyl adjacent to an activating group) is 1. The highest BCUT2D eigenvalue weighted by atomic mass is 35.5. The van der Waals surface area contributed by atoms with Crippen LogP contribution < -0.4 is 0 Å². The summed E-state index contributed by atoms with van der Waals surface area (Å²) in [6, 6.07) is 1.58. The molecule has 1 aromatic heterocycles. The molecule has 0 radical (unpaired) electrons. The van der Waals surface area contributed by atoms with Gasteiger partial charge in [-0.25, -0.2) is 13.4 Å². The molecule has 2 heterocycles. The summed E-state index contributed by atoms with van der Waals surface area (Å²) in [5, 5.41) is 0.254. The Bertz CT molecular complexity index is 592. The van der Waals surface area contributed by atoms with E-state index in [4.69, 9.17) is 23.2 Å². The minimum absolute atomic E-state index is 0.0892. The minimum Gasteiger partial charge on any atom is -0.305 e. The molecular weight excluding hydrogens is 321 g/mol. The van der Waals surface area contributed by atoms with Crippen LogP contribution >= 0.6 is 23.2 Å². The summed E-state index contributed by atoms with van der Waals surface area (Å²) in [6.45, 7) is 1.00. The zero-order chi connectivity index (χ0) is 14.9. The fourth-order valence-corrected chi connectivity index (χ4v) is 4.08. The van der Waals surface area contributed by atoms with Crippen molar-refractivity contribution in [3.05, 3.63) is 22.4 Å². The number of halogens is 2. The summed E-state index contributed by atoms with van der Waals surface area (Å²) < 4.78 is 26.7. The van der Waals surface area contributed by atoms with Gasteiger partial charge in [0.15, 0.2) is 0 Å². The molecule has 20 heavy (non-hydrogen) atoms. The third-order valence-corrected chi connectivity index (χ3v) is 6.02. The Morgan fingerprint density at radius 3 is 2.70 bits per heavy atom. The minimum atomic E-state index is -3.57. The molecule has 112 valence electrons. The number of hydrogen-bond acceptors (Lipinski definition) is 4. The third-order valence-electron chi connectivity index (χ3n) is 3.50. The zero-order valence-electron chi connectivity index (χ0n) is 11.4. The first-order valence-electron chi connectivity index (χ1n) is 6.30. The molecule has 1 saturated heterocycles. The van der Waals surface area contributed by atoms with Crippen LogP contribution in [0.15, 0.2) is 17.2 Å². The largest absolute Gasteiger partial charge is 0.305 e. The van der Waals surface area contributed by atoms with E-state index in [-0.39, 0.29) is 21.1 Å². The van der Waals surface area contributed by atoms with Gasteiger partial charge in [0.2, 0.25) is 10.0 Å². The van der Waals surface area contributed by atoms with Crippen molar-refractivity contribution < 1.29 is 8.42 Å². The zero-order valence-corrected chi connectivity index (χ0v) is 13.7. The molecule has 2 rings (SSSR count). The van der Waals surface area contributed by atoms with Crippen molar-refractivity contribution in [2.75, 3.05) is 27.2 Å². The molecule has 5 nitrogen and oxygen atoms in total. The van der Waals surface area contributed by atoms with E-state index in [1.54, 1.807) is 0 Å². The lowest BCUT2D eigenvalue weighted by Crippen LogP contribution is -2.47. The second-order valence-electron chi connectivity index (χ2n) is 5.07. The molecule has 0 amide bonds. The van der Waals surface area contributed by atoms with E-state index in [1.807, 2.05) is 14.1 Å². The van der Waals surface area contributed by atoms with Crippen molar-refractivity contribution >= 4 is 33.2 Å². The Morgan fingerprint density at radius 2 is 2.10 bits per heavy atom. The fraction of sp³-hybridized carbons (Fsp3) is 0.583. The van der Waals surface area contributed by atoms with Crippen LogP contribution in [0.1, 0.15) is 12.8 Å². The van der Waals surface area contributed by atoms with E-state index in [1.165, 1.54) is 16.6 Å². The van der Waals surface area contributed by atoms with E-state index in [0.29, 0.717) is 13.1 Å². The van der Waals surface area contributed by atoms with E-state index < -0.39 is 10.0 Å². The maximum Gasteiger partial charge on any atom is 0.244 e. The molecule has 0 aliphatic carbocycles. The molecule has 1 aromatic rings. The molecule has 0 saturated carbocycles. The summed E-state index contributed by atoms with van der Waals surface area (Å²) >= 11 is 11.6. The average molecular weight is 338 g/mol. The van der Waals surface area contributed by atoms with E-state index >= 15 is 0 Å². The number of aromatic nitrogens is 1. The normalized spacial score (nSPS) is 21.4. The summed E-state index contributed by atoms with van der Waals surface area (Å²) in [5.41, 5.74) is 0. The second-order valence-corrected chi connectivity index (χ2v) is 7.77. The van der Waals surface area contributed by atoms with E-state index in [2.05, 4.69) is 9.88 Å². The van der Waals surface area contributed by atoms with Gasteiger partial charge < -0.3 is 4.90 Å². The second kappa shape index (κ2) is 6.15. The molecule has 8 heteroatoms. The Morgan fingerprint density at radius 1 is 1.40 bits per heavy atom. The summed E-state index contributed by atoms with van der Waals surface area (Å²) in [4.78, 5) is 5.95. The van der Waals surface area contributed by atoms with Gasteiger partial charge >= 0.3 is 0 Å². The number of piperidine rings is 1.